The van der Waals surface area contributed by atoms with Crippen molar-refractivity contribution in [1.29, 1.82) is 0 Å². The topological polar surface area (TPSA) is 279 Å². The quantitative estimate of drug-likeness (QED) is 0.0172. The van der Waals surface area contributed by atoms with Gasteiger partial charge in [-0.3, -0.25) is 57.5 Å². The minimum absolute atomic E-state index is 0.0801. The number of carbonyl (C=O) groups is 12. The average molecular weight is 1550 g/mol. The van der Waals surface area contributed by atoms with Crippen LogP contribution in [0.15, 0.2) is 97.1 Å². The molecule has 0 bridgehead atoms. The maximum Gasteiger partial charge on any atom is 0.324 e. The smallest absolute Gasteiger partial charge is 0.324 e. The van der Waals surface area contributed by atoms with E-state index >= 15 is 0 Å². The van der Waals surface area contributed by atoms with Gasteiger partial charge in [0.1, 0.15) is 23.0 Å². The van der Waals surface area contributed by atoms with Gasteiger partial charge in [0, 0.05) is 25.7 Å². The van der Waals surface area contributed by atoms with E-state index in [-0.39, 0.29) is 73.8 Å². The van der Waals surface area contributed by atoms with E-state index in [9.17, 15) is 57.5 Å². The lowest BCUT2D eigenvalue weighted by Crippen LogP contribution is -2.32. The van der Waals surface area contributed by atoms with Crippen molar-refractivity contribution < 1.29 is 95.4 Å². The van der Waals surface area contributed by atoms with E-state index < -0.39 is 93.8 Å². The van der Waals surface area contributed by atoms with Crippen LogP contribution >= 0.6 is 0 Å². The van der Waals surface area contributed by atoms with Gasteiger partial charge in [0.25, 0.3) is 0 Å². The highest BCUT2D eigenvalue weighted by atomic mass is 16.5. The van der Waals surface area contributed by atoms with Crippen LogP contribution in [0.2, 0.25) is 0 Å². The van der Waals surface area contributed by atoms with E-state index in [2.05, 4.69) is 96.9 Å². The van der Waals surface area contributed by atoms with Gasteiger partial charge in [0.2, 0.25) is 0 Å². The fourth-order valence-electron chi connectivity index (χ4n) is 11.0. The van der Waals surface area contributed by atoms with E-state index in [0.29, 0.717) is 58.5 Å². The van der Waals surface area contributed by atoms with E-state index in [1.54, 1.807) is 6.92 Å². The van der Waals surface area contributed by atoms with Crippen LogP contribution < -0.4 is 18.9 Å². The van der Waals surface area contributed by atoms with Crippen molar-refractivity contribution in [2.75, 3.05) is 52.9 Å². The van der Waals surface area contributed by atoms with Crippen molar-refractivity contribution in [1.82, 2.24) is 0 Å². The highest BCUT2D eigenvalue weighted by molar-refractivity contribution is 6.18. The minimum atomic E-state index is -1.31. The lowest BCUT2D eigenvalue weighted by atomic mass is 9.87. The first-order valence-electron chi connectivity index (χ1n) is 39.9. The Hall–Kier alpha value is -8.68. The molecule has 4 atom stereocenters. The maximum atomic E-state index is 12.4. The second kappa shape index (κ2) is 53.3. The molecule has 4 unspecified atom stereocenters. The van der Waals surface area contributed by atoms with E-state index in [1.807, 2.05) is 104 Å². The van der Waals surface area contributed by atoms with Gasteiger partial charge < -0.3 is 37.9 Å². The van der Waals surface area contributed by atoms with Crippen LogP contribution in [0.4, 0.5) is 0 Å². The Balaban J connectivity index is 0.000000742. The van der Waals surface area contributed by atoms with Gasteiger partial charge in [0.05, 0.1) is 52.9 Å². The Morgan fingerprint density at radius 1 is 0.252 bits per heavy atom. The molecule has 0 aliphatic carbocycles. The van der Waals surface area contributed by atoms with Crippen LogP contribution in [-0.2, 0) is 98.1 Å². The average Bonchev–Trinajstić information content (AvgIpc) is 0.856. The standard InChI is InChI=1S/C25H38O5.C24H36O5.C22H32O5.C20H28O5/c1-6-7-8-9-10-17-30-24(28)23(19(2)26)22(27)12-11-18-29-21-15-13-20(14-16-21)25(3,4)5;1-6-7-8-9-16-29-23(27)22(18(2)25)21(26)11-10-17-28-20-14-12-19(13-15-20)24(3,4)5;1-6-7-14-27-21(25)20(16(2)23)19(24)9-8-15-26-18-12-10-17(11-13-18)22(3,4)5;1-6-24-19(23)18(14(2)21)17(22)8-7-13-25-16-11-9-15(10-12-16)20(3,4)5/h13-16,23H,6-12,17-18H2,1-5H3;12-15,22H,6-11,16-17H2,1-5H3;10-13,20H,6-9,14-15H2,1-5H3;9-12,18H,6-8,13H2,1-5H3. The molecule has 618 valence electrons. The molecule has 0 saturated carbocycles. The number of rotatable bonds is 47. The first-order valence-corrected chi connectivity index (χ1v) is 39.9. The third kappa shape index (κ3) is 42.0. The molecule has 0 spiro atoms. The van der Waals surface area contributed by atoms with Gasteiger partial charge in [-0.05, 0) is 172 Å². The molecule has 111 heavy (non-hydrogen) atoms. The number of benzene rings is 4. The van der Waals surface area contributed by atoms with Crippen molar-refractivity contribution in [3.8, 4) is 23.0 Å². The van der Waals surface area contributed by atoms with Crippen LogP contribution in [0.3, 0.4) is 0 Å². The largest absolute Gasteiger partial charge is 0.494 e. The highest BCUT2D eigenvalue weighted by Gasteiger charge is 2.35. The molecule has 0 heterocycles. The van der Waals surface area contributed by atoms with Crippen LogP contribution in [0.5, 0.6) is 23.0 Å². The maximum absolute atomic E-state index is 12.4. The summed E-state index contributed by atoms with van der Waals surface area (Å²) < 4.78 is 42.7. The van der Waals surface area contributed by atoms with Gasteiger partial charge in [-0.25, -0.2) is 0 Å². The normalized spacial score (nSPS) is 12.3. The molecule has 4 rings (SSSR count). The third-order valence-electron chi connectivity index (χ3n) is 17.8. The van der Waals surface area contributed by atoms with Gasteiger partial charge in [-0.1, -0.05) is 204 Å². The number of esters is 4. The Bertz CT molecular complexity index is 3460. The van der Waals surface area contributed by atoms with Crippen LogP contribution in [0, 0.1) is 23.7 Å². The molecule has 0 amide bonds. The Morgan fingerprint density at radius 2 is 0.450 bits per heavy atom. The number of hydrogen-bond donors (Lipinski definition) is 0. The molecule has 0 radical (unpaired) electrons. The van der Waals surface area contributed by atoms with E-state index in [4.69, 9.17) is 37.9 Å². The summed E-state index contributed by atoms with van der Waals surface area (Å²) in [5.74, 6) is -8.77. The molecule has 20 heteroatoms. The van der Waals surface area contributed by atoms with Gasteiger partial charge in [-0.15, -0.1) is 0 Å². The van der Waals surface area contributed by atoms with Gasteiger partial charge in [-0.2, -0.15) is 0 Å². The zero-order chi connectivity index (χ0) is 83.9. The van der Waals surface area contributed by atoms with Crippen molar-refractivity contribution in [2.45, 2.75) is 282 Å². The molecule has 20 nitrogen and oxygen atoms in total. The lowest BCUT2D eigenvalue weighted by molar-refractivity contribution is -0.157. The van der Waals surface area contributed by atoms with Gasteiger partial charge in [0.15, 0.2) is 69.9 Å². The third-order valence-corrected chi connectivity index (χ3v) is 17.8. The molecule has 0 aliphatic heterocycles. The highest BCUT2D eigenvalue weighted by Crippen LogP contribution is 2.29. The molecule has 0 aromatic heterocycles. The lowest BCUT2D eigenvalue weighted by Gasteiger charge is -2.19. The first-order chi connectivity index (χ1) is 52.2. The summed E-state index contributed by atoms with van der Waals surface area (Å²) in [5.41, 5.74) is 5.20. The summed E-state index contributed by atoms with van der Waals surface area (Å²) in [6.07, 6.45) is 12.8. The number of Topliss-reactive ketones (excluding diaryl/α,β-unsaturated/α-hetero) is 8. The SMILES string of the molecule is CCCCCCCOC(=O)C(C(C)=O)C(=O)CCCOc1ccc(C(C)(C)C)cc1.CCCCCCOC(=O)C(C(C)=O)C(=O)CCCOc1ccc(C(C)(C)C)cc1.CCCCOC(=O)C(C(C)=O)C(=O)CCCOc1ccc(C(C)(C)C)cc1.CCOC(=O)C(C(C)=O)C(=O)CCCOc1ccc(C(C)(C)C)cc1. The van der Waals surface area contributed by atoms with Gasteiger partial charge >= 0.3 is 23.9 Å². The number of hydrogen-bond acceptors (Lipinski definition) is 20. The Labute approximate surface area is 663 Å². The van der Waals surface area contributed by atoms with E-state index in [0.717, 1.165) is 87.2 Å². The zero-order valence-corrected chi connectivity index (χ0v) is 70.8. The Morgan fingerprint density at radius 3 is 0.649 bits per heavy atom. The summed E-state index contributed by atoms with van der Waals surface area (Å²) in [6, 6.07) is 31.5. The van der Waals surface area contributed by atoms with Crippen molar-refractivity contribution in [3.63, 3.8) is 0 Å². The molecule has 0 fully saturated rings. The number of carbonyl (C=O) groups excluding carboxylic acids is 12. The van der Waals surface area contributed by atoms with Crippen LogP contribution in [0.25, 0.3) is 0 Å². The Kier molecular flexibility index (Phi) is 48.2. The summed E-state index contributed by atoms with van der Waals surface area (Å²) in [4.78, 5) is 144. The number of ether oxygens (including phenoxy) is 8. The summed E-state index contributed by atoms with van der Waals surface area (Å²) in [7, 11) is 0. The number of unbranched alkanes of at least 4 members (excludes halogenated alkanes) is 8. The fourth-order valence-corrected chi connectivity index (χ4v) is 11.0. The van der Waals surface area contributed by atoms with Crippen LogP contribution in [0.1, 0.15) is 283 Å². The molecule has 0 aliphatic rings. The molecular weight excluding hydrogens is 1410 g/mol. The van der Waals surface area contributed by atoms with Crippen LogP contribution in [-0.4, -0.2) is 123 Å². The predicted molar refractivity (Wildman–Crippen MR) is 434 cm³/mol. The molecule has 4 aromatic rings. The van der Waals surface area contributed by atoms with Crippen molar-refractivity contribution >= 4 is 70.1 Å². The summed E-state index contributed by atoms with van der Waals surface area (Å²) in [6.45, 7) is 40.9. The van der Waals surface area contributed by atoms with E-state index in [1.165, 1.54) is 49.9 Å². The fraction of sp³-hybridized carbons (Fsp3) is 0.604. The summed E-state index contributed by atoms with van der Waals surface area (Å²) in [5, 5.41) is 0. The molecule has 0 N–H and O–H groups in total. The molecule has 0 saturated heterocycles. The second-order valence-electron chi connectivity index (χ2n) is 32.0. The second-order valence-corrected chi connectivity index (χ2v) is 32.0. The van der Waals surface area contributed by atoms with Crippen molar-refractivity contribution in [3.05, 3.63) is 119 Å². The molecule has 4 aromatic carbocycles. The number of ketones is 8. The summed E-state index contributed by atoms with van der Waals surface area (Å²) >= 11 is 0. The van der Waals surface area contributed by atoms with Crippen molar-refractivity contribution in [2.24, 2.45) is 23.7 Å². The zero-order valence-electron chi connectivity index (χ0n) is 70.8. The molecular formula is C91H134O20. The predicted octanol–water partition coefficient (Wildman–Crippen LogP) is 18.2. The minimum Gasteiger partial charge on any atom is -0.494 e. The first kappa shape index (κ1) is 100. The monoisotopic (exact) mass is 1550 g/mol.